The zero-order valence-corrected chi connectivity index (χ0v) is 6.73. The molecule has 0 saturated carbocycles. The van der Waals surface area contributed by atoms with Crippen molar-refractivity contribution >= 4 is 11.8 Å². The van der Waals surface area contributed by atoms with Crippen LogP contribution in [0.3, 0.4) is 0 Å². The predicted molar refractivity (Wildman–Crippen MR) is 36.0 cm³/mol. The van der Waals surface area contributed by atoms with Crippen LogP contribution < -0.4 is 0 Å². The summed E-state index contributed by atoms with van der Waals surface area (Å²) in [6.07, 6.45) is 0. The molecule has 0 aliphatic carbocycles. The van der Waals surface area contributed by atoms with Crippen molar-refractivity contribution in [1.82, 2.24) is 4.90 Å². The minimum atomic E-state index is -0.190. The highest BCUT2D eigenvalue weighted by Crippen LogP contribution is 1.87. The second-order valence-electron chi connectivity index (χ2n) is 1.78. The van der Waals surface area contributed by atoms with Crippen LogP contribution in [0.2, 0.25) is 0 Å². The molecule has 0 aromatic heterocycles. The maximum atomic E-state index is 10.5. The normalized spacial score (nSPS) is 7.73. The molecule has 0 spiro atoms. The smallest absolute Gasteiger partial charge is 0.226 e. The number of carbonyl (C=O) groups excluding carboxylic acids is 2. The van der Waals surface area contributed by atoms with Crippen molar-refractivity contribution < 1.29 is 18.7 Å². The molecule has 3 nitrogen and oxygen atoms in total. The van der Waals surface area contributed by atoms with E-state index in [1.807, 2.05) is 0 Å². The van der Waals surface area contributed by atoms with E-state index in [1.165, 1.54) is 18.7 Å². The molecule has 0 bridgehead atoms. The summed E-state index contributed by atoms with van der Waals surface area (Å²) >= 11 is 0. The number of rotatable bonds is 1. The third kappa shape index (κ3) is 5.44. The van der Waals surface area contributed by atoms with Gasteiger partial charge in [0.1, 0.15) is 0 Å². The standard InChI is InChI=1S/C6H11NO2.F2/c1-4-7(5(2)8)6(3)9;1-2/h4H2,1-3H3;. The van der Waals surface area contributed by atoms with Crippen LogP contribution in [-0.2, 0) is 9.59 Å². The Labute approximate surface area is 63.8 Å². The van der Waals surface area contributed by atoms with E-state index in [9.17, 15) is 9.59 Å². The van der Waals surface area contributed by atoms with Gasteiger partial charge in [-0.3, -0.25) is 14.5 Å². The second kappa shape index (κ2) is 7.11. The molecule has 0 aromatic carbocycles. The first-order chi connectivity index (χ1) is 5.09. The van der Waals surface area contributed by atoms with Crippen LogP contribution in [0.15, 0.2) is 0 Å². The molecule has 0 radical (unpaired) electrons. The zero-order valence-electron chi connectivity index (χ0n) is 6.73. The van der Waals surface area contributed by atoms with Gasteiger partial charge in [-0.1, -0.05) is 0 Å². The summed E-state index contributed by atoms with van der Waals surface area (Å²) in [4.78, 5) is 22.2. The first-order valence-corrected chi connectivity index (χ1v) is 3.02. The van der Waals surface area contributed by atoms with E-state index in [0.717, 1.165) is 0 Å². The van der Waals surface area contributed by atoms with Crippen molar-refractivity contribution in [2.24, 2.45) is 0 Å². The van der Waals surface area contributed by atoms with E-state index in [0.29, 0.717) is 6.54 Å². The lowest BCUT2D eigenvalue weighted by molar-refractivity contribution is -0.141. The molecule has 0 heterocycles. The summed E-state index contributed by atoms with van der Waals surface area (Å²) in [7, 11) is 0. The van der Waals surface area contributed by atoms with Crippen molar-refractivity contribution in [3.8, 4) is 0 Å². The highest BCUT2D eigenvalue weighted by Gasteiger charge is 2.08. The van der Waals surface area contributed by atoms with Crippen LogP contribution in [0.5, 0.6) is 0 Å². The average Bonchev–Trinajstić information content (AvgIpc) is 1.91. The molecule has 0 aliphatic rings. The summed E-state index contributed by atoms with van der Waals surface area (Å²) in [6, 6.07) is 0. The number of carbonyl (C=O) groups is 2. The van der Waals surface area contributed by atoms with Gasteiger partial charge in [0.15, 0.2) is 0 Å². The fourth-order valence-electron chi connectivity index (χ4n) is 0.667. The minimum absolute atomic E-state index is 0.190. The SMILES string of the molecule is CCN(C(C)=O)C(C)=O.FF. The Morgan fingerprint density at radius 3 is 1.45 bits per heavy atom. The fraction of sp³-hybridized carbons (Fsp3) is 0.667. The molecule has 0 atom stereocenters. The summed E-state index contributed by atoms with van der Waals surface area (Å²) in [5, 5.41) is 0. The molecule has 66 valence electrons. The van der Waals surface area contributed by atoms with Gasteiger partial charge in [-0.15, -0.1) is 0 Å². The van der Waals surface area contributed by atoms with Crippen LogP contribution in [0.1, 0.15) is 20.8 Å². The first-order valence-electron chi connectivity index (χ1n) is 3.02. The Morgan fingerprint density at radius 1 is 1.18 bits per heavy atom. The van der Waals surface area contributed by atoms with Crippen molar-refractivity contribution in [3.05, 3.63) is 0 Å². The van der Waals surface area contributed by atoms with Crippen LogP contribution >= 0.6 is 0 Å². The molecular formula is C6H11F2NO2. The van der Waals surface area contributed by atoms with Gasteiger partial charge in [-0.25, -0.2) is 0 Å². The molecule has 5 heteroatoms. The van der Waals surface area contributed by atoms with Crippen molar-refractivity contribution in [3.63, 3.8) is 0 Å². The third-order valence-electron chi connectivity index (χ3n) is 1.08. The van der Waals surface area contributed by atoms with E-state index in [4.69, 9.17) is 9.15 Å². The van der Waals surface area contributed by atoms with E-state index >= 15 is 0 Å². The molecule has 11 heavy (non-hydrogen) atoms. The van der Waals surface area contributed by atoms with Gasteiger partial charge in [0.05, 0.1) is 0 Å². The molecule has 0 aromatic rings. The molecule has 0 saturated heterocycles. The topological polar surface area (TPSA) is 37.4 Å². The average molecular weight is 167 g/mol. The van der Waals surface area contributed by atoms with Gasteiger partial charge in [-0.05, 0) is 6.92 Å². The molecule has 0 unspecified atom stereocenters. The summed E-state index contributed by atoms with van der Waals surface area (Å²) in [6.45, 7) is 4.99. The van der Waals surface area contributed by atoms with Crippen LogP contribution in [0, 0.1) is 0 Å². The largest absolute Gasteiger partial charge is 0.283 e. The Kier molecular flexibility index (Phi) is 8.18. The number of hydrogen-bond donors (Lipinski definition) is 0. The molecule has 0 rings (SSSR count). The van der Waals surface area contributed by atoms with Crippen molar-refractivity contribution in [2.75, 3.05) is 6.54 Å². The number of halogens is 2. The second-order valence-corrected chi connectivity index (χ2v) is 1.78. The monoisotopic (exact) mass is 167 g/mol. The maximum Gasteiger partial charge on any atom is 0.226 e. The number of hydrogen-bond acceptors (Lipinski definition) is 2. The zero-order chi connectivity index (χ0) is 9.44. The first kappa shape index (κ1) is 12.7. The Morgan fingerprint density at radius 2 is 1.45 bits per heavy atom. The Bertz CT molecular complexity index is 125. The molecule has 0 N–H and O–H groups in total. The van der Waals surface area contributed by atoms with Gasteiger partial charge in [0.25, 0.3) is 0 Å². The molecular weight excluding hydrogens is 156 g/mol. The van der Waals surface area contributed by atoms with Gasteiger partial charge >= 0.3 is 0 Å². The summed E-state index contributed by atoms with van der Waals surface area (Å²) < 4.78 is 16.0. The lowest BCUT2D eigenvalue weighted by atomic mass is 10.5. The molecule has 0 aliphatic heterocycles. The predicted octanol–water partition coefficient (Wildman–Crippen LogP) is 1.24. The van der Waals surface area contributed by atoms with E-state index < -0.39 is 0 Å². The number of imide groups is 1. The summed E-state index contributed by atoms with van der Waals surface area (Å²) in [5.41, 5.74) is 0. The van der Waals surface area contributed by atoms with Gasteiger partial charge in [0, 0.05) is 29.5 Å². The highest BCUT2D eigenvalue weighted by molar-refractivity contribution is 5.92. The quantitative estimate of drug-likeness (QED) is 0.589. The Balaban J connectivity index is 0. The van der Waals surface area contributed by atoms with Crippen LogP contribution in [-0.4, -0.2) is 23.3 Å². The summed E-state index contributed by atoms with van der Waals surface area (Å²) in [5.74, 6) is -0.380. The van der Waals surface area contributed by atoms with E-state index in [2.05, 4.69) is 0 Å². The fourth-order valence-corrected chi connectivity index (χ4v) is 0.667. The van der Waals surface area contributed by atoms with Crippen LogP contribution in [0.25, 0.3) is 0 Å². The van der Waals surface area contributed by atoms with Gasteiger partial charge in [0.2, 0.25) is 11.8 Å². The number of amides is 2. The maximum absolute atomic E-state index is 10.5. The Hall–Kier alpha value is -1.00. The third-order valence-corrected chi connectivity index (χ3v) is 1.08. The minimum Gasteiger partial charge on any atom is -0.283 e. The van der Waals surface area contributed by atoms with E-state index in [-0.39, 0.29) is 11.8 Å². The van der Waals surface area contributed by atoms with Gasteiger partial charge < -0.3 is 0 Å². The molecule has 2 amide bonds. The van der Waals surface area contributed by atoms with E-state index in [1.54, 1.807) is 6.92 Å². The van der Waals surface area contributed by atoms with Gasteiger partial charge in [-0.2, -0.15) is 0 Å². The molecule has 0 fully saturated rings. The lowest BCUT2D eigenvalue weighted by Crippen LogP contribution is -2.32. The van der Waals surface area contributed by atoms with Crippen LogP contribution in [0.4, 0.5) is 9.15 Å². The van der Waals surface area contributed by atoms with Crippen molar-refractivity contribution in [1.29, 1.82) is 0 Å². The van der Waals surface area contributed by atoms with Crippen molar-refractivity contribution in [2.45, 2.75) is 20.8 Å². The number of nitrogens with zero attached hydrogens (tertiary/aromatic N) is 1. The highest BCUT2D eigenvalue weighted by atomic mass is 20.0. The lowest BCUT2D eigenvalue weighted by Gasteiger charge is -2.12.